The summed E-state index contributed by atoms with van der Waals surface area (Å²) in [6, 6.07) is 5.98. The van der Waals surface area contributed by atoms with Gasteiger partial charge in [-0.15, -0.1) is 0 Å². The quantitative estimate of drug-likeness (QED) is 0.570. The third-order valence-electron chi connectivity index (χ3n) is 5.35. The van der Waals surface area contributed by atoms with E-state index in [9.17, 15) is 18.8 Å². The molecule has 0 atom stereocenters. The number of benzene rings is 1. The van der Waals surface area contributed by atoms with Crippen LogP contribution >= 0.6 is 11.8 Å². The van der Waals surface area contributed by atoms with Crippen LogP contribution in [0.25, 0.3) is 11.2 Å². The van der Waals surface area contributed by atoms with Crippen LogP contribution in [0.4, 0.5) is 4.39 Å². The summed E-state index contributed by atoms with van der Waals surface area (Å²) in [5.41, 5.74) is 0.393. The topological polar surface area (TPSA) is 82.1 Å². The second kappa shape index (κ2) is 8.10. The number of hydrogen-bond donors (Lipinski definition) is 0. The highest BCUT2D eigenvalue weighted by Crippen LogP contribution is 2.24. The lowest BCUT2D eigenvalue weighted by molar-refractivity contribution is -0.127. The molecule has 4 rings (SSSR count). The van der Waals surface area contributed by atoms with Crippen molar-refractivity contribution in [2.45, 2.75) is 24.5 Å². The first-order chi connectivity index (χ1) is 14.4. The normalized spacial score (nSPS) is 14.0. The molecular weight excluding hydrogens is 409 g/mol. The molecule has 1 aliphatic rings. The largest absolute Gasteiger partial charge is 0.342 e. The Balaban J connectivity index is 1.77. The molecule has 0 saturated carbocycles. The molecule has 0 bridgehead atoms. The van der Waals surface area contributed by atoms with Gasteiger partial charge in [-0.25, -0.2) is 14.2 Å². The van der Waals surface area contributed by atoms with E-state index < -0.39 is 11.2 Å². The van der Waals surface area contributed by atoms with E-state index in [1.165, 1.54) is 35.5 Å². The molecular formula is C20H22FN5O3S. The maximum absolute atomic E-state index is 13.3. The molecule has 0 N–H and O–H groups in total. The van der Waals surface area contributed by atoms with E-state index in [4.69, 9.17) is 0 Å². The lowest BCUT2D eigenvalue weighted by Crippen LogP contribution is -2.37. The van der Waals surface area contributed by atoms with Crippen molar-refractivity contribution in [3.8, 4) is 0 Å². The maximum atomic E-state index is 13.3. The number of aryl methyl sites for hydroxylation is 1. The van der Waals surface area contributed by atoms with Crippen molar-refractivity contribution in [3.05, 3.63) is 56.5 Å². The van der Waals surface area contributed by atoms with E-state index in [1.54, 1.807) is 23.7 Å². The predicted molar refractivity (Wildman–Crippen MR) is 112 cm³/mol. The Bertz CT molecular complexity index is 1220. The fraction of sp³-hybridized carbons (Fsp3) is 0.400. The van der Waals surface area contributed by atoms with Gasteiger partial charge in [0.25, 0.3) is 5.56 Å². The van der Waals surface area contributed by atoms with Gasteiger partial charge in [0.15, 0.2) is 16.3 Å². The number of carbonyl (C=O) groups excluding carboxylic acids is 1. The molecule has 1 aromatic carbocycles. The molecule has 3 heterocycles. The van der Waals surface area contributed by atoms with Crippen LogP contribution in [0.5, 0.6) is 0 Å². The van der Waals surface area contributed by atoms with E-state index in [-0.39, 0.29) is 35.2 Å². The van der Waals surface area contributed by atoms with Crippen LogP contribution in [0, 0.1) is 5.82 Å². The molecule has 10 heteroatoms. The monoisotopic (exact) mass is 431 g/mol. The summed E-state index contributed by atoms with van der Waals surface area (Å²) in [4.78, 5) is 44.0. The fourth-order valence-electron chi connectivity index (χ4n) is 3.64. The van der Waals surface area contributed by atoms with E-state index >= 15 is 0 Å². The fourth-order valence-corrected chi connectivity index (χ4v) is 4.54. The summed E-state index contributed by atoms with van der Waals surface area (Å²) < 4.78 is 17.4. The smallest absolute Gasteiger partial charge is 0.332 e. The van der Waals surface area contributed by atoms with Crippen LogP contribution in [0.1, 0.15) is 18.4 Å². The van der Waals surface area contributed by atoms with Gasteiger partial charge in [-0.3, -0.25) is 18.7 Å². The summed E-state index contributed by atoms with van der Waals surface area (Å²) in [6.07, 6.45) is 2.02. The second-order valence-electron chi connectivity index (χ2n) is 7.36. The zero-order valence-corrected chi connectivity index (χ0v) is 17.6. The van der Waals surface area contributed by atoms with Crippen molar-refractivity contribution in [3.63, 3.8) is 0 Å². The van der Waals surface area contributed by atoms with Gasteiger partial charge in [0.1, 0.15) is 5.82 Å². The highest BCUT2D eigenvalue weighted by Gasteiger charge is 2.22. The highest BCUT2D eigenvalue weighted by molar-refractivity contribution is 7.99. The van der Waals surface area contributed by atoms with Gasteiger partial charge in [0, 0.05) is 27.2 Å². The van der Waals surface area contributed by atoms with Gasteiger partial charge in [-0.05, 0) is 30.5 Å². The summed E-state index contributed by atoms with van der Waals surface area (Å²) in [7, 11) is 2.98. The van der Waals surface area contributed by atoms with Crippen LogP contribution in [0.3, 0.4) is 0 Å². The first-order valence-electron chi connectivity index (χ1n) is 9.68. The van der Waals surface area contributed by atoms with Crippen molar-refractivity contribution in [2.75, 3.05) is 18.8 Å². The van der Waals surface area contributed by atoms with Gasteiger partial charge in [0.2, 0.25) is 5.91 Å². The lowest BCUT2D eigenvalue weighted by Gasteiger charge is -2.15. The second-order valence-corrected chi connectivity index (χ2v) is 8.30. The van der Waals surface area contributed by atoms with Gasteiger partial charge in [-0.1, -0.05) is 23.9 Å². The Hall–Kier alpha value is -2.88. The predicted octanol–water partition coefficient (Wildman–Crippen LogP) is 1.34. The molecule has 158 valence electrons. The summed E-state index contributed by atoms with van der Waals surface area (Å²) in [6.45, 7) is 1.80. The minimum Gasteiger partial charge on any atom is -0.342 e. The van der Waals surface area contributed by atoms with Gasteiger partial charge >= 0.3 is 5.69 Å². The number of nitrogens with zero attached hydrogens (tertiary/aromatic N) is 5. The Morgan fingerprint density at radius 1 is 1.10 bits per heavy atom. The lowest BCUT2D eigenvalue weighted by atomic mass is 10.2. The number of carbonyl (C=O) groups is 1. The van der Waals surface area contributed by atoms with Crippen molar-refractivity contribution in [1.29, 1.82) is 0 Å². The van der Waals surface area contributed by atoms with Crippen LogP contribution < -0.4 is 11.2 Å². The van der Waals surface area contributed by atoms with E-state index in [0.29, 0.717) is 5.16 Å². The summed E-state index contributed by atoms with van der Waals surface area (Å²) in [5, 5.41) is 0.472. The molecule has 0 unspecified atom stereocenters. The molecule has 2 aromatic heterocycles. The molecule has 1 fully saturated rings. The minimum absolute atomic E-state index is 0.0275. The van der Waals surface area contributed by atoms with Crippen LogP contribution in [-0.4, -0.2) is 48.3 Å². The average Bonchev–Trinajstić information content (AvgIpc) is 3.39. The molecule has 30 heavy (non-hydrogen) atoms. The first kappa shape index (κ1) is 20.4. The summed E-state index contributed by atoms with van der Waals surface area (Å²) in [5.74, 6) is -0.126. The molecule has 1 amide bonds. The number of amides is 1. The zero-order valence-electron chi connectivity index (χ0n) is 16.8. The number of thioether (sulfide) groups is 1. The van der Waals surface area contributed by atoms with Crippen molar-refractivity contribution in [2.24, 2.45) is 14.1 Å². The molecule has 1 saturated heterocycles. The average molecular weight is 431 g/mol. The Kier molecular flexibility index (Phi) is 5.50. The number of fused-ring (bicyclic) bond motifs is 1. The standard InChI is InChI=1S/C20H22FN5O3S/c1-23-17-16(18(28)24(2)20(23)29)26(11-13-5-7-14(21)8-6-13)19(22-17)30-12-15(27)25-9-3-4-10-25/h5-8H,3-4,9-12H2,1-2H3. The highest BCUT2D eigenvalue weighted by atomic mass is 32.2. The van der Waals surface area contributed by atoms with Crippen LogP contribution in [0.15, 0.2) is 39.0 Å². The molecule has 1 aliphatic heterocycles. The minimum atomic E-state index is -0.469. The number of hydrogen-bond acceptors (Lipinski definition) is 5. The van der Waals surface area contributed by atoms with Crippen LogP contribution in [0.2, 0.25) is 0 Å². The van der Waals surface area contributed by atoms with Gasteiger partial charge < -0.3 is 9.47 Å². The van der Waals surface area contributed by atoms with E-state index in [0.717, 1.165) is 36.1 Å². The van der Waals surface area contributed by atoms with E-state index in [2.05, 4.69) is 4.98 Å². The number of aromatic nitrogens is 4. The van der Waals surface area contributed by atoms with Crippen LogP contribution in [-0.2, 0) is 25.4 Å². The first-order valence-corrected chi connectivity index (χ1v) is 10.7. The molecule has 0 aliphatic carbocycles. The van der Waals surface area contributed by atoms with Crippen molar-refractivity contribution >= 4 is 28.8 Å². The number of imidazole rings is 1. The number of likely N-dealkylation sites (tertiary alicyclic amines) is 1. The Morgan fingerprint density at radius 3 is 2.43 bits per heavy atom. The molecule has 0 spiro atoms. The maximum Gasteiger partial charge on any atom is 0.332 e. The van der Waals surface area contributed by atoms with Gasteiger partial charge in [0.05, 0.1) is 12.3 Å². The third kappa shape index (κ3) is 3.67. The Labute approximate surface area is 175 Å². The zero-order chi connectivity index (χ0) is 21.4. The Morgan fingerprint density at radius 2 is 1.77 bits per heavy atom. The number of halogens is 1. The number of rotatable bonds is 5. The molecule has 0 radical (unpaired) electrons. The molecule has 3 aromatic rings. The third-order valence-corrected chi connectivity index (χ3v) is 6.31. The van der Waals surface area contributed by atoms with Crippen molar-refractivity contribution in [1.82, 2.24) is 23.6 Å². The SMILES string of the molecule is Cn1c(=O)c2c(nc(SCC(=O)N3CCCC3)n2Cc2ccc(F)cc2)n(C)c1=O. The van der Waals surface area contributed by atoms with Gasteiger partial charge in [-0.2, -0.15) is 0 Å². The van der Waals surface area contributed by atoms with Crippen molar-refractivity contribution < 1.29 is 9.18 Å². The molecule has 8 nitrogen and oxygen atoms in total. The van der Waals surface area contributed by atoms with E-state index in [1.807, 2.05) is 4.90 Å². The summed E-state index contributed by atoms with van der Waals surface area (Å²) >= 11 is 1.24.